The van der Waals surface area contributed by atoms with Gasteiger partial charge >= 0.3 is 5.97 Å². The molecule has 0 radical (unpaired) electrons. The number of esters is 1. The van der Waals surface area contributed by atoms with Gasteiger partial charge in [-0.1, -0.05) is 12.1 Å². The van der Waals surface area contributed by atoms with Crippen LogP contribution in [0.5, 0.6) is 0 Å². The fourth-order valence-corrected chi connectivity index (χ4v) is 2.83. The molecule has 2 rings (SSSR count). The summed E-state index contributed by atoms with van der Waals surface area (Å²) >= 11 is 0. The number of piperidine rings is 1. The Morgan fingerprint density at radius 2 is 2.10 bits per heavy atom. The molecule has 116 valence electrons. The van der Waals surface area contributed by atoms with Crippen LogP contribution in [0, 0.1) is 11.7 Å². The van der Waals surface area contributed by atoms with Crippen LogP contribution in [0.2, 0.25) is 0 Å². The van der Waals surface area contributed by atoms with Gasteiger partial charge in [-0.3, -0.25) is 9.69 Å². The van der Waals surface area contributed by atoms with E-state index in [0.29, 0.717) is 12.5 Å². The molecule has 3 nitrogen and oxygen atoms in total. The summed E-state index contributed by atoms with van der Waals surface area (Å²) < 4.78 is 18.3. The fraction of sp³-hybridized carbons (Fsp3) is 0.588. The summed E-state index contributed by atoms with van der Waals surface area (Å²) in [4.78, 5) is 13.8. The van der Waals surface area contributed by atoms with Crippen molar-refractivity contribution in [2.45, 2.75) is 39.2 Å². The normalized spacial score (nSPS) is 17.1. The maximum atomic E-state index is 13.2. The van der Waals surface area contributed by atoms with Crippen molar-refractivity contribution in [3.05, 3.63) is 35.6 Å². The predicted molar refractivity (Wildman–Crippen MR) is 80.5 cm³/mol. The zero-order valence-electron chi connectivity index (χ0n) is 12.8. The summed E-state index contributed by atoms with van der Waals surface area (Å²) in [7, 11) is 0. The molecular formula is C17H24FNO2. The highest BCUT2D eigenvalue weighted by Crippen LogP contribution is 2.22. The van der Waals surface area contributed by atoms with Crippen LogP contribution in [-0.2, 0) is 16.0 Å². The van der Waals surface area contributed by atoms with Crippen molar-refractivity contribution in [3.8, 4) is 0 Å². The van der Waals surface area contributed by atoms with Crippen LogP contribution in [0.4, 0.5) is 4.39 Å². The molecule has 0 amide bonds. The van der Waals surface area contributed by atoms with Crippen LogP contribution < -0.4 is 0 Å². The average molecular weight is 293 g/mol. The fourth-order valence-electron chi connectivity index (χ4n) is 2.83. The lowest BCUT2D eigenvalue weighted by Gasteiger charge is -2.31. The zero-order valence-corrected chi connectivity index (χ0v) is 12.8. The molecule has 0 aromatic heterocycles. The molecule has 0 atom stereocenters. The number of hydrogen-bond donors (Lipinski definition) is 0. The molecule has 1 aliphatic heterocycles. The smallest absolute Gasteiger partial charge is 0.320 e. The van der Waals surface area contributed by atoms with Gasteiger partial charge in [0, 0.05) is 0 Å². The molecule has 1 aromatic rings. The van der Waals surface area contributed by atoms with Crippen LogP contribution in [0.15, 0.2) is 24.3 Å². The second-order valence-electron chi connectivity index (χ2n) is 6.09. The highest BCUT2D eigenvalue weighted by molar-refractivity contribution is 5.71. The maximum Gasteiger partial charge on any atom is 0.320 e. The Bertz CT molecular complexity index is 468. The van der Waals surface area contributed by atoms with Crippen molar-refractivity contribution >= 4 is 5.97 Å². The number of hydrogen-bond acceptors (Lipinski definition) is 3. The quantitative estimate of drug-likeness (QED) is 0.782. The Labute approximate surface area is 126 Å². The van der Waals surface area contributed by atoms with E-state index in [-0.39, 0.29) is 17.9 Å². The van der Waals surface area contributed by atoms with E-state index < -0.39 is 0 Å². The van der Waals surface area contributed by atoms with Crippen molar-refractivity contribution in [2.75, 3.05) is 19.6 Å². The van der Waals surface area contributed by atoms with Gasteiger partial charge in [0.2, 0.25) is 0 Å². The van der Waals surface area contributed by atoms with E-state index in [1.807, 2.05) is 19.9 Å². The van der Waals surface area contributed by atoms with E-state index in [0.717, 1.165) is 37.9 Å². The first-order chi connectivity index (χ1) is 10.0. The molecule has 0 saturated carbocycles. The van der Waals surface area contributed by atoms with Gasteiger partial charge < -0.3 is 4.74 Å². The van der Waals surface area contributed by atoms with Gasteiger partial charge in [0.25, 0.3) is 0 Å². The van der Waals surface area contributed by atoms with Gasteiger partial charge in [0.05, 0.1) is 12.6 Å². The van der Waals surface area contributed by atoms with E-state index in [2.05, 4.69) is 4.90 Å². The van der Waals surface area contributed by atoms with E-state index in [1.165, 1.54) is 6.07 Å². The van der Waals surface area contributed by atoms with Crippen LogP contribution in [0.3, 0.4) is 0 Å². The second-order valence-corrected chi connectivity index (χ2v) is 6.09. The predicted octanol–water partition coefficient (Wildman–Crippen LogP) is 3.03. The molecule has 0 bridgehead atoms. The molecular weight excluding hydrogens is 269 g/mol. The van der Waals surface area contributed by atoms with Gasteiger partial charge in [-0.2, -0.15) is 0 Å². The molecule has 1 aromatic carbocycles. The molecule has 4 heteroatoms. The zero-order chi connectivity index (χ0) is 15.2. The topological polar surface area (TPSA) is 29.5 Å². The van der Waals surface area contributed by atoms with Gasteiger partial charge in [0.15, 0.2) is 0 Å². The number of carbonyl (C=O) groups excluding carboxylic acids is 1. The number of rotatable bonds is 5. The van der Waals surface area contributed by atoms with E-state index in [1.54, 1.807) is 12.1 Å². The number of likely N-dealkylation sites (tertiary alicyclic amines) is 1. The number of halogens is 1. The van der Waals surface area contributed by atoms with E-state index >= 15 is 0 Å². The van der Waals surface area contributed by atoms with Crippen LogP contribution >= 0.6 is 0 Å². The first-order valence-corrected chi connectivity index (χ1v) is 7.69. The third kappa shape index (κ3) is 5.46. The number of ether oxygens (including phenoxy) is 1. The van der Waals surface area contributed by atoms with Crippen molar-refractivity contribution in [2.24, 2.45) is 5.92 Å². The lowest BCUT2D eigenvalue weighted by molar-refractivity contribution is -0.149. The first kappa shape index (κ1) is 16.0. The highest BCUT2D eigenvalue weighted by atomic mass is 19.1. The molecule has 1 aliphatic rings. The number of carbonyl (C=O) groups is 1. The Hall–Kier alpha value is -1.42. The number of benzene rings is 1. The van der Waals surface area contributed by atoms with Gasteiger partial charge in [-0.05, 0) is 69.8 Å². The largest absolute Gasteiger partial charge is 0.462 e. The third-order valence-corrected chi connectivity index (χ3v) is 3.84. The lowest BCUT2D eigenvalue weighted by Crippen LogP contribution is -2.38. The average Bonchev–Trinajstić information content (AvgIpc) is 2.40. The van der Waals surface area contributed by atoms with Crippen LogP contribution in [-0.4, -0.2) is 36.6 Å². The van der Waals surface area contributed by atoms with Crippen molar-refractivity contribution < 1.29 is 13.9 Å². The van der Waals surface area contributed by atoms with Gasteiger partial charge in [0.1, 0.15) is 5.82 Å². The summed E-state index contributed by atoms with van der Waals surface area (Å²) in [5.41, 5.74) is 1.06. The Morgan fingerprint density at radius 3 is 2.71 bits per heavy atom. The van der Waals surface area contributed by atoms with Crippen LogP contribution in [0.25, 0.3) is 0 Å². The Morgan fingerprint density at radius 1 is 1.38 bits per heavy atom. The van der Waals surface area contributed by atoms with E-state index in [4.69, 9.17) is 4.74 Å². The first-order valence-electron chi connectivity index (χ1n) is 7.69. The minimum Gasteiger partial charge on any atom is -0.462 e. The summed E-state index contributed by atoms with van der Waals surface area (Å²) in [5, 5.41) is 0. The molecule has 0 aliphatic carbocycles. The molecule has 21 heavy (non-hydrogen) atoms. The molecule has 1 heterocycles. The summed E-state index contributed by atoms with van der Waals surface area (Å²) in [6.45, 7) is 5.93. The lowest BCUT2D eigenvalue weighted by atomic mass is 9.90. The SMILES string of the molecule is CC(C)OC(=O)CN1CCC(Cc2cccc(F)c2)CC1. The molecule has 0 spiro atoms. The summed E-state index contributed by atoms with van der Waals surface area (Å²) in [6, 6.07) is 6.84. The highest BCUT2D eigenvalue weighted by Gasteiger charge is 2.21. The Balaban J connectivity index is 1.74. The van der Waals surface area contributed by atoms with Gasteiger partial charge in [-0.15, -0.1) is 0 Å². The van der Waals surface area contributed by atoms with Gasteiger partial charge in [-0.25, -0.2) is 4.39 Å². The van der Waals surface area contributed by atoms with E-state index in [9.17, 15) is 9.18 Å². The van der Waals surface area contributed by atoms with Crippen molar-refractivity contribution in [1.82, 2.24) is 4.90 Å². The standard InChI is InChI=1S/C17H24FNO2/c1-13(2)21-17(20)12-19-8-6-14(7-9-19)10-15-4-3-5-16(18)11-15/h3-5,11,13-14H,6-10,12H2,1-2H3. The van der Waals surface area contributed by atoms with Crippen molar-refractivity contribution in [3.63, 3.8) is 0 Å². The van der Waals surface area contributed by atoms with Crippen LogP contribution in [0.1, 0.15) is 32.3 Å². The summed E-state index contributed by atoms with van der Waals surface area (Å²) in [5.74, 6) is 0.263. The second kappa shape index (κ2) is 7.55. The molecule has 1 saturated heterocycles. The Kier molecular flexibility index (Phi) is 5.74. The minimum atomic E-state index is -0.165. The number of nitrogens with zero attached hydrogens (tertiary/aromatic N) is 1. The third-order valence-electron chi connectivity index (χ3n) is 3.84. The van der Waals surface area contributed by atoms with Crippen molar-refractivity contribution in [1.29, 1.82) is 0 Å². The molecule has 1 fully saturated rings. The maximum absolute atomic E-state index is 13.2. The molecule has 0 N–H and O–H groups in total. The minimum absolute atomic E-state index is 0.0528. The molecule has 0 unspecified atom stereocenters. The monoisotopic (exact) mass is 293 g/mol. The summed E-state index contributed by atoms with van der Waals surface area (Å²) in [6.07, 6.45) is 2.96.